The van der Waals surface area contributed by atoms with Crippen molar-refractivity contribution < 1.29 is 0 Å². The van der Waals surface area contributed by atoms with Gasteiger partial charge in [0.25, 0.3) is 0 Å². The third kappa shape index (κ3) is 3.01. The molecule has 2 N–H and O–H groups in total. The van der Waals surface area contributed by atoms with E-state index in [4.69, 9.17) is 5.73 Å². The van der Waals surface area contributed by atoms with Crippen molar-refractivity contribution in [1.29, 1.82) is 0 Å². The average Bonchev–Trinajstić information content (AvgIpc) is 2.67. The van der Waals surface area contributed by atoms with E-state index in [1.165, 1.54) is 0 Å². The van der Waals surface area contributed by atoms with Crippen LogP contribution in [0, 0.1) is 0 Å². The van der Waals surface area contributed by atoms with Crippen LogP contribution < -0.4 is 5.73 Å². The van der Waals surface area contributed by atoms with Crippen LogP contribution in [-0.4, -0.2) is 4.98 Å². The van der Waals surface area contributed by atoms with Crippen LogP contribution in [0.5, 0.6) is 0 Å². The van der Waals surface area contributed by atoms with Gasteiger partial charge >= 0.3 is 0 Å². The van der Waals surface area contributed by atoms with Crippen LogP contribution in [0.4, 0.5) is 0 Å². The fourth-order valence-corrected chi connectivity index (χ4v) is 2.23. The molecule has 0 saturated heterocycles. The molecule has 1 aromatic heterocycles. The van der Waals surface area contributed by atoms with Crippen molar-refractivity contribution in [2.24, 2.45) is 5.73 Å². The number of rotatable bonds is 2. The number of halogens is 2. The Balaban J connectivity index is 0.00000112. The number of hydrogen-bond acceptors (Lipinski definition) is 3. The molecule has 2 aromatic rings. The minimum Gasteiger partial charge on any atom is -0.325 e. The molecular weight excluding hydrogens is 296 g/mol. The highest BCUT2D eigenvalue weighted by atomic mass is 79.9. The Morgan fingerprint density at radius 1 is 1.27 bits per heavy atom. The summed E-state index contributed by atoms with van der Waals surface area (Å²) < 4.78 is 1.08. The molecule has 0 bridgehead atoms. The molecule has 0 fully saturated rings. The van der Waals surface area contributed by atoms with Crippen LogP contribution in [0.3, 0.4) is 0 Å². The first kappa shape index (κ1) is 12.6. The molecule has 0 spiro atoms. The first-order valence-corrected chi connectivity index (χ1v) is 5.87. The second-order valence-corrected chi connectivity index (χ2v) is 4.63. The van der Waals surface area contributed by atoms with E-state index in [-0.39, 0.29) is 12.4 Å². The van der Waals surface area contributed by atoms with Crippen LogP contribution in [0.25, 0.3) is 10.6 Å². The third-order valence-electron chi connectivity index (χ3n) is 1.85. The molecule has 0 unspecified atom stereocenters. The largest absolute Gasteiger partial charge is 0.325 e. The van der Waals surface area contributed by atoms with Gasteiger partial charge in [0, 0.05) is 22.0 Å². The smallest absolute Gasteiger partial charge is 0.123 e. The summed E-state index contributed by atoms with van der Waals surface area (Å²) in [7, 11) is 0. The lowest BCUT2D eigenvalue weighted by atomic mass is 10.2. The predicted octanol–water partition coefficient (Wildman–Crippen LogP) is 3.45. The molecule has 1 heterocycles. The summed E-state index contributed by atoms with van der Waals surface area (Å²) in [5, 5.41) is 3.02. The Hall–Kier alpha value is -0.420. The molecule has 0 aliphatic rings. The molecule has 2 nitrogen and oxygen atoms in total. The van der Waals surface area contributed by atoms with E-state index in [0.29, 0.717) is 6.54 Å². The molecule has 5 heteroatoms. The van der Waals surface area contributed by atoms with Gasteiger partial charge in [-0.1, -0.05) is 28.1 Å². The van der Waals surface area contributed by atoms with E-state index in [2.05, 4.69) is 20.9 Å². The second kappa shape index (κ2) is 5.61. The minimum atomic E-state index is 0. The molecule has 0 aliphatic heterocycles. The second-order valence-electron chi connectivity index (χ2n) is 2.86. The lowest BCUT2D eigenvalue weighted by Gasteiger charge is -1.95. The van der Waals surface area contributed by atoms with Gasteiger partial charge in [0.15, 0.2) is 0 Å². The maximum Gasteiger partial charge on any atom is 0.123 e. The fourth-order valence-electron chi connectivity index (χ4n) is 1.13. The van der Waals surface area contributed by atoms with E-state index in [0.717, 1.165) is 20.7 Å². The van der Waals surface area contributed by atoms with Crippen molar-refractivity contribution in [3.8, 4) is 10.6 Å². The molecule has 2 rings (SSSR count). The number of aromatic nitrogens is 1. The average molecular weight is 306 g/mol. The zero-order chi connectivity index (χ0) is 9.97. The molecule has 0 aliphatic carbocycles. The summed E-state index contributed by atoms with van der Waals surface area (Å²) in [6.45, 7) is 0.507. The molecular formula is C10H10BrClN2S. The molecule has 0 amide bonds. The highest BCUT2D eigenvalue weighted by Crippen LogP contribution is 2.24. The van der Waals surface area contributed by atoms with Crippen molar-refractivity contribution in [2.75, 3.05) is 0 Å². The summed E-state index contributed by atoms with van der Waals surface area (Å²) >= 11 is 5.03. The Labute approximate surface area is 107 Å². The van der Waals surface area contributed by atoms with Gasteiger partial charge in [-0.3, -0.25) is 0 Å². The molecule has 15 heavy (non-hydrogen) atoms. The monoisotopic (exact) mass is 304 g/mol. The number of nitrogens with zero attached hydrogens (tertiary/aromatic N) is 1. The zero-order valence-electron chi connectivity index (χ0n) is 7.81. The maximum absolute atomic E-state index is 5.50. The molecule has 0 radical (unpaired) electrons. The summed E-state index contributed by atoms with van der Waals surface area (Å²) in [5.74, 6) is 0. The maximum atomic E-state index is 5.50. The lowest BCUT2D eigenvalue weighted by Crippen LogP contribution is -1.95. The van der Waals surface area contributed by atoms with Gasteiger partial charge in [-0.2, -0.15) is 0 Å². The fraction of sp³-hybridized carbons (Fsp3) is 0.100. The minimum absolute atomic E-state index is 0. The lowest BCUT2D eigenvalue weighted by molar-refractivity contribution is 1.01. The van der Waals surface area contributed by atoms with Gasteiger partial charge < -0.3 is 5.73 Å². The molecule has 0 saturated carbocycles. The van der Waals surface area contributed by atoms with Gasteiger partial charge in [0.05, 0.1) is 5.69 Å². The van der Waals surface area contributed by atoms with Crippen molar-refractivity contribution in [2.45, 2.75) is 6.54 Å². The predicted molar refractivity (Wildman–Crippen MR) is 70.4 cm³/mol. The summed E-state index contributed by atoms with van der Waals surface area (Å²) in [5.41, 5.74) is 7.59. The number of thiazole rings is 1. The SMILES string of the molecule is Cl.NCc1csc(-c2ccc(Br)cc2)n1. The first-order valence-electron chi connectivity index (χ1n) is 4.20. The van der Waals surface area contributed by atoms with E-state index >= 15 is 0 Å². The zero-order valence-corrected chi connectivity index (χ0v) is 11.0. The third-order valence-corrected chi connectivity index (χ3v) is 3.32. The van der Waals surface area contributed by atoms with E-state index in [1.807, 2.05) is 29.6 Å². The Morgan fingerprint density at radius 2 is 1.93 bits per heavy atom. The van der Waals surface area contributed by atoms with Crippen molar-refractivity contribution >= 4 is 39.7 Å². The van der Waals surface area contributed by atoms with Crippen molar-refractivity contribution in [3.63, 3.8) is 0 Å². The number of hydrogen-bond donors (Lipinski definition) is 1. The first-order chi connectivity index (χ1) is 6.79. The van der Waals surface area contributed by atoms with Gasteiger partial charge in [-0.25, -0.2) is 4.98 Å². The topological polar surface area (TPSA) is 38.9 Å². The van der Waals surface area contributed by atoms with Gasteiger partial charge in [0.1, 0.15) is 5.01 Å². The molecule has 80 valence electrons. The highest BCUT2D eigenvalue weighted by molar-refractivity contribution is 9.10. The van der Waals surface area contributed by atoms with Gasteiger partial charge in [0.2, 0.25) is 0 Å². The standard InChI is InChI=1S/C10H9BrN2S.ClH/c11-8-3-1-7(2-4-8)10-13-9(5-12)6-14-10;/h1-4,6H,5,12H2;1H. The summed E-state index contributed by atoms with van der Waals surface area (Å²) in [6, 6.07) is 8.12. The van der Waals surface area contributed by atoms with Crippen LogP contribution in [-0.2, 0) is 6.54 Å². The molecule has 0 atom stereocenters. The molecule has 1 aromatic carbocycles. The van der Waals surface area contributed by atoms with Crippen LogP contribution in [0.2, 0.25) is 0 Å². The van der Waals surface area contributed by atoms with Gasteiger partial charge in [-0.15, -0.1) is 23.7 Å². The van der Waals surface area contributed by atoms with Crippen molar-refractivity contribution in [3.05, 3.63) is 39.8 Å². The Morgan fingerprint density at radius 3 is 2.47 bits per heavy atom. The highest BCUT2D eigenvalue weighted by Gasteiger charge is 2.02. The Bertz CT molecular complexity index is 427. The van der Waals surface area contributed by atoms with Crippen molar-refractivity contribution in [1.82, 2.24) is 4.98 Å². The Kier molecular flexibility index (Phi) is 4.73. The quantitative estimate of drug-likeness (QED) is 0.923. The number of benzene rings is 1. The normalized spacial score (nSPS) is 9.73. The van der Waals surface area contributed by atoms with Crippen LogP contribution in [0.1, 0.15) is 5.69 Å². The van der Waals surface area contributed by atoms with E-state index in [9.17, 15) is 0 Å². The van der Waals surface area contributed by atoms with Crippen LogP contribution in [0.15, 0.2) is 34.1 Å². The van der Waals surface area contributed by atoms with Crippen LogP contribution >= 0.6 is 39.7 Å². The number of nitrogens with two attached hydrogens (primary N) is 1. The van der Waals surface area contributed by atoms with E-state index in [1.54, 1.807) is 11.3 Å². The summed E-state index contributed by atoms with van der Waals surface area (Å²) in [6.07, 6.45) is 0. The van der Waals surface area contributed by atoms with Gasteiger partial charge in [-0.05, 0) is 12.1 Å². The van der Waals surface area contributed by atoms with E-state index < -0.39 is 0 Å². The summed E-state index contributed by atoms with van der Waals surface area (Å²) in [4.78, 5) is 4.41.